The van der Waals surface area contributed by atoms with Crippen molar-refractivity contribution in [3.63, 3.8) is 0 Å². The van der Waals surface area contributed by atoms with Crippen LogP contribution in [0.15, 0.2) is 77.7 Å². The summed E-state index contributed by atoms with van der Waals surface area (Å²) in [5.74, 6) is -0.967. The van der Waals surface area contributed by atoms with Crippen LogP contribution in [0.2, 0.25) is 5.02 Å². The first-order chi connectivity index (χ1) is 19.6. The van der Waals surface area contributed by atoms with E-state index in [4.69, 9.17) is 21.1 Å². The Kier molecular flexibility index (Phi) is 10.2. The molecule has 1 fully saturated rings. The average molecular weight is 604 g/mol. The number of carbonyl (C=O) groups is 2. The predicted octanol–water partition coefficient (Wildman–Crippen LogP) is 4.37. The van der Waals surface area contributed by atoms with E-state index in [1.54, 1.807) is 31.2 Å². The highest BCUT2D eigenvalue weighted by molar-refractivity contribution is 7.92. The quantitative estimate of drug-likeness (QED) is 0.318. The van der Waals surface area contributed by atoms with E-state index in [9.17, 15) is 22.4 Å². The van der Waals surface area contributed by atoms with Crippen molar-refractivity contribution in [1.29, 1.82) is 0 Å². The lowest BCUT2D eigenvalue weighted by molar-refractivity contribution is -0.142. The van der Waals surface area contributed by atoms with Crippen LogP contribution < -0.4 is 14.8 Å². The summed E-state index contributed by atoms with van der Waals surface area (Å²) in [7, 11) is -3.92. The number of nitrogens with one attached hydrogen (secondary N) is 2. The Morgan fingerprint density at radius 2 is 1.76 bits per heavy atom. The van der Waals surface area contributed by atoms with E-state index in [-0.39, 0.29) is 41.5 Å². The highest BCUT2D eigenvalue weighted by Crippen LogP contribution is 2.20. The number of carbonyl (C=O) groups excluding carboxylic acids is 2. The van der Waals surface area contributed by atoms with Gasteiger partial charge in [0.05, 0.1) is 11.0 Å². The number of nitrogens with zero attached hydrogens (tertiary/aromatic N) is 1. The first kappa shape index (κ1) is 30.3. The zero-order chi connectivity index (χ0) is 29.4. The Balaban J connectivity index is 1.39. The highest BCUT2D eigenvalue weighted by atomic mass is 35.5. The molecule has 0 aliphatic carbocycles. The summed E-state index contributed by atoms with van der Waals surface area (Å²) < 4.78 is 52.0. The standard InChI is InChI=1S/C29H31ClFN3O6S/c1-20(29(36)32-17-26-3-2-16-39-26)34(18-21-4-6-22(30)7-5-21)28(35)19-40-25-12-14-27(15-13-25)41(37,38)33-24-10-8-23(31)9-11-24/h4-15,20,26,33H,2-3,16-19H2,1H3,(H,32,36)/t20-,26+/m0/s1. The minimum atomic E-state index is -3.92. The van der Waals surface area contributed by atoms with Gasteiger partial charge >= 0.3 is 0 Å². The number of anilines is 1. The zero-order valence-electron chi connectivity index (χ0n) is 22.4. The number of sulfonamides is 1. The molecule has 4 rings (SSSR count). The molecule has 1 heterocycles. The van der Waals surface area contributed by atoms with E-state index in [1.807, 2.05) is 0 Å². The van der Waals surface area contributed by atoms with Gasteiger partial charge in [0, 0.05) is 30.4 Å². The van der Waals surface area contributed by atoms with Crippen molar-refractivity contribution < 1.29 is 31.9 Å². The van der Waals surface area contributed by atoms with E-state index < -0.39 is 27.8 Å². The number of hydrogen-bond donors (Lipinski definition) is 2. The van der Waals surface area contributed by atoms with Gasteiger partial charge in [0.15, 0.2) is 6.61 Å². The van der Waals surface area contributed by atoms with Crippen molar-refractivity contribution in [2.75, 3.05) is 24.5 Å². The van der Waals surface area contributed by atoms with E-state index in [1.165, 1.54) is 41.3 Å². The van der Waals surface area contributed by atoms with Gasteiger partial charge < -0.3 is 19.7 Å². The number of halogens is 2. The molecule has 218 valence electrons. The largest absolute Gasteiger partial charge is 0.484 e. The van der Waals surface area contributed by atoms with Crippen LogP contribution >= 0.6 is 11.6 Å². The zero-order valence-corrected chi connectivity index (χ0v) is 24.0. The molecule has 1 saturated heterocycles. The van der Waals surface area contributed by atoms with Crippen LogP contribution in [0.3, 0.4) is 0 Å². The molecule has 3 aromatic rings. The molecule has 2 amide bonds. The molecule has 3 aromatic carbocycles. The number of ether oxygens (including phenoxy) is 2. The van der Waals surface area contributed by atoms with Crippen LogP contribution in [0.25, 0.3) is 0 Å². The second-order valence-corrected chi connectivity index (χ2v) is 11.7. The van der Waals surface area contributed by atoms with Crippen molar-refractivity contribution in [1.82, 2.24) is 10.2 Å². The molecule has 41 heavy (non-hydrogen) atoms. The molecule has 12 heteroatoms. The number of amides is 2. The van der Waals surface area contributed by atoms with Crippen LogP contribution in [0.5, 0.6) is 5.75 Å². The first-order valence-electron chi connectivity index (χ1n) is 13.1. The monoisotopic (exact) mass is 603 g/mol. The molecule has 0 radical (unpaired) electrons. The number of rotatable bonds is 12. The lowest BCUT2D eigenvalue weighted by atomic mass is 10.1. The molecule has 2 N–H and O–H groups in total. The topological polar surface area (TPSA) is 114 Å². The molecule has 1 aliphatic rings. The summed E-state index contributed by atoms with van der Waals surface area (Å²) in [6, 6.07) is 16.6. The second kappa shape index (κ2) is 13.8. The van der Waals surface area contributed by atoms with E-state index in [2.05, 4.69) is 10.0 Å². The number of benzene rings is 3. The molecule has 2 atom stereocenters. The van der Waals surface area contributed by atoms with E-state index >= 15 is 0 Å². The molecule has 0 bridgehead atoms. The summed E-state index contributed by atoms with van der Waals surface area (Å²) in [5.41, 5.74) is 0.997. The maximum atomic E-state index is 13.3. The van der Waals surface area contributed by atoms with Crippen molar-refractivity contribution >= 4 is 39.1 Å². The van der Waals surface area contributed by atoms with Gasteiger partial charge in [-0.3, -0.25) is 14.3 Å². The van der Waals surface area contributed by atoms with Crippen LogP contribution in [0.1, 0.15) is 25.3 Å². The molecule has 0 saturated carbocycles. The Morgan fingerprint density at radius 3 is 2.39 bits per heavy atom. The maximum Gasteiger partial charge on any atom is 0.261 e. The summed E-state index contributed by atoms with van der Waals surface area (Å²) in [6.45, 7) is 2.46. The maximum absolute atomic E-state index is 13.3. The first-order valence-corrected chi connectivity index (χ1v) is 14.9. The normalized spacial score (nSPS) is 15.6. The SMILES string of the molecule is C[C@@H](C(=O)NC[C@H]1CCCO1)N(Cc1ccc(Cl)cc1)C(=O)COc1ccc(S(=O)(=O)Nc2ccc(F)cc2)cc1. The molecule has 0 unspecified atom stereocenters. The number of hydrogen-bond acceptors (Lipinski definition) is 6. The predicted molar refractivity (Wildman–Crippen MR) is 153 cm³/mol. The smallest absolute Gasteiger partial charge is 0.261 e. The molecule has 0 aromatic heterocycles. The fourth-order valence-electron chi connectivity index (χ4n) is 4.21. The van der Waals surface area contributed by atoms with Crippen LogP contribution in [-0.2, 0) is 30.9 Å². The minimum Gasteiger partial charge on any atom is -0.484 e. The molecule has 0 spiro atoms. The van der Waals surface area contributed by atoms with Gasteiger partial charge in [-0.2, -0.15) is 0 Å². The lowest BCUT2D eigenvalue weighted by Crippen LogP contribution is -2.50. The van der Waals surface area contributed by atoms with Gasteiger partial charge in [0.2, 0.25) is 5.91 Å². The van der Waals surface area contributed by atoms with Gasteiger partial charge in [0.25, 0.3) is 15.9 Å². The lowest BCUT2D eigenvalue weighted by Gasteiger charge is -2.29. The molecule has 9 nitrogen and oxygen atoms in total. The highest BCUT2D eigenvalue weighted by Gasteiger charge is 2.27. The van der Waals surface area contributed by atoms with E-state index in [0.29, 0.717) is 18.2 Å². The molecule has 1 aliphatic heterocycles. The average Bonchev–Trinajstić information content (AvgIpc) is 3.49. The molecular formula is C29H31ClFN3O6S. The van der Waals surface area contributed by atoms with Gasteiger partial charge in [0.1, 0.15) is 17.6 Å². The van der Waals surface area contributed by atoms with Crippen LogP contribution in [0.4, 0.5) is 10.1 Å². The molecular weight excluding hydrogens is 573 g/mol. The Morgan fingerprint density at radius 1 is 1.07 bits per heavy atom. The van der Waals surface area contributed by atoms with E-state index in [0.717, 1.165) is 30.5 Å². The van der Waals surface area contributed by atoms with Crippen molar-refractivity contribution in [2.24, 2.45) is 0 Å². The van der Waals surface area contributed by atoms with Crippen molar-refractivity contribution in [3.05, 3.63) is 89.2 Å². The summed E-state index contributed by atoms with van der Waals surface area (Å²) in [4.78, 5) is 27.6. The van der Waals surface area contributed by atoms with Crippen molar-refractivity contribution in [3.8, 4) is 5.75 Å². The Bertz CT molecular complexity index is 1430. The van der Waals surface area contributed by atoms with Crippen molar-refractivity contribution in [2.45, 2.75) is 43.4 Å². The third kappa shape index (κ3) is 8.66. The second-order valence-electron chi connectivity index (χ2n) is 9.58. The van der Waals surface area contributed by atoms with Gasteiger partial charge in [-0.25, -0.2) is 12.8 Å². The third-order valence-corrected chi connectivity index (χ3v) is 8.20. The third-order valence-electron chi connectivity index (χ3n) is 6.55. The van der Waals surface area contributed by atoms with Crippen LogP contribution in [0, 0.1) is 5.82 Å². The Labute approximate surface area is 243 Å². The van der Waals surface area contributed by atoms with Crippen LogP contribution in [-0.4, -0.2) is 57.0 Å². The summed E-state index contributed by atoms with van der Waals surface area (Å²) >= 11 is 6.00. The van der Waals surface area contributed by atoms with Gasteiger partial charge in [-0.15, -0.1) is 0 Å². The summed E-state index contributed by atoms with van der Waals surface area (Å²) in [6.07, 6.45) is 1.79. The fraction of sp³-hybridized carbons (Fsp3) is 0.310. The Hall–Kier alpha value is -3.67. The fourth-order valence-corrected chi connectivity index (χ4v) is 5.40. The van der Waals surface area contributed by atoms with Gasteiger partial charge in [-0.1, -0.05) is 23.7 Å². The minimum absolute atomic E-state index is 0.0347. The summed E-state index contributed by atoms with van der Waals surface area (Å²) in [5, 5.41) is 3.42. The van der Waals surface area contributed by atoms with Gasteiger partial charge in [-0.05, 0) is 86.0 Å².